The van der Waals surface area contributed by atoms with Gasteiger partial charge in [0.15, 0.2) is 5.16 Å². The lowest BCUT2D eigenvalue weighted by Crippen LogP contribution is -2.48. The Labute approximate surface area is 185 Å². The third kappa shape index (κ3) is 4.12. The second-order valence-electron chi connectivity index (χ2n) is 7.75. The van der Waals surface area contributed by atoms with E-state index in [0.717, 1.165) is 19.3 Å². The maximum Gasteiger partial charge on any atom is 0.266 e. The monoisotopic (exact) mass is 441 g/mol. The maximum atomic E-state index is 13.3. The third-order valence-electron chi connectivity index (χ3n) is 5.62. The minimum absolute atomic E-state index is 0.0831. The number of halogens is 1. The average molecular weight is 442 g/mol. The molecule has 4 rings (SSSR count). The van der Waals surface area contributed by atoms with Crippen LogP contribution >= 0.6 is 23.4 Å². The average Bonchev–Trinajstić information content (AvgIpc) is 2.72. The Hall–Kier alpha value is -2.31. The summed E-state index contributed by atoms with van der Waals surface area (Å²) in [6.07, 6.45) is 3.21. The van der Waals surface area contributed by atoms with E-state index in [4.69, 9.17) is 16.6 Å². The third-order valence-corrected chi connectivity index (χ3v) is 6.78. The molecule has 7 heteroatoms. The Bertz CT molecular complexity index is 1140. The maximum absolute atomic E-state index is 13.3. The van der Waals surface area contributed by atoms with E-state index in [9.17, 15) is 9.59 Å². The molecule has 2 atom stereocenters. The number of nitrogens with zero attached hydrogens (tertiary/aromatic N) is 3. The lowest BCUT2D eigenvalue weighted by molar-refractivity contribution is -0.134. The summed E-state index contributed by atoms with van der Waals surface area (Å²) in [6, 6.07) is 14.9. The highest BCUT2D eigenvalue weighted by molar-refractivity contribution is 7.99. The summed E-state index contributed by atoms with van der Waals surface area (Å²) in [5.41, 5.74) is 1.09. The Balaban J connectivity index is 1.72. The van der Waals surface area contributed by atoms with Crippen LogP contribution in [0.1, 0.15) is 33.1 Å². The molecule has 0 bridgehead atoms. The van der Waals surface area contributed by atoms with E-state index in [1.807, 2.05) is 29.2 Å². The molecule has 1 fully saturated rings. The summed E-state index contributed by atoms with van der Waals surface area (Å²) < 4.78 is 1.55. The molecule has 2 aromatic carbocycles. The van der Waals surface area contributed by atoms with Crippen LogP contribution in [0.15, 0.2) is 58.5 Å². The predicted molar refractivity (Wildman–Crippen MR) is 123 cm³/mol. The fourth-order valence-corrected chi connectivity index (χ4v) is 5.23. The minimum Gasteiger partial charge on any atom is -0.337 e. The van der Waals surface area contributed by atoms with E-state index in [1.165, 1.54) is 11.8 Å². The van der Waals surface area contributed by atoms with Crippen LogP contribution in [0.5, 0.6) is 0 Å². The molecule has 1 amide bonds. The van der Waals surface area contributed by atoms with Gasteiger partial charge in [-0.15, -0.1) is 0 Å². The number of hydrogen-bond acceptors (Lipinski definition) is 4. The molecular weight excluding hydrogens is 418 g/mol. The highest BCUT2D eigenvalue weighted by atomic mass is 35.5. The van der Waals surface area contributed by atoms with Crippen molar-refractivity contribution in [3.8, 4) is 5.69 Å². The SMILES string of the molecule is CC1CCCC(C)N1C(=O)CSc1nc2ccccc2c(=O)n1-c1cccc(Cl)c1. The van der Waals surface area contributed by atoms with Crippen molar-refractivity contribution in [1.29, 1.82) is 0 Å². The molecule has 2 unspecified atom stereocenters. The van der Waals surface area contributed by atoms with Crippen molar-refractivity contribution in [3.63, 3.8) is 0 Å². The quantitative estimate of drug-likeness (QED) is 0.426. The first-order valence-corrected chi connectivity index (χ1v) is 11.5. The number of carbonyl (C=O) groups is 1. The number of likely N-dealkylation sites (tertiary alicyclic amines) is 1. The topological polar surface area (TPSA) is 55.2 Å². The fraction of sp³-hybridized carbons (Fsp3) is 0.348. The summed E-state index contributed by atoms with van der Waals surface area (Å²) in [4.78, 5) is 33.0. The van der Waals surface area contributed by atoms with Crippen LogP contribution in [0.3, 0.4) is 0 Å². The normalized spacial score (nSPS) is 19.2. The van der Waals surface area contributed by atoms with Gasteiger partial charge in [0.1, 0.15) is 0 Å². The first-order valence-electron chi connectivity index (χ1n) is 10.2. The molecule has 0 N–H and O–H groups in total. The van der Waals surface area contributed by atoms with E-state index in [1.54, 1.807) is 28.8 Å². The van der Waals surface area contributed by atoms with Gasteiger partial charge in [-0.3, -0.25) is 14.2 Å². The van der Waals surface area contributed by atoms with Crippen molar-refractivity contribution in [3.05, 3.63) is 63.9 Å². The summed E-state index contributed by atoms with van der Waals surface area (Å²) in [6.45, 7) is 4.21. The Morgan fingerprint density at radius 3 is 2.60 bits per heavy atom. The van der Waals surface area contributed by atoms with Crippen LogP contribution in [0.4, 0.5) is 0 Å². The Morgan fingerprint density at radius 1 is 1.13 bits per heavy atom. The second kappa shape index (κ2) is 8.82. The van der Waals surface area contributed by atoms with Gasteiger partial charge >= 0.3 is 0 Å². The van der Waals surface area contributed by atoms with Crippen LogP contribution in [-0.4, -0.2) is 38.2 Å². The molecule has 1 aliphatic rings. The molecule has 2 heterocycles. The van der Waals surface area contributed by atoms with Gasteiger partial charge in [0.05, 0.1) is 22.3 Å². The number of rotatable bonds is 4. The van der Waals surface area contributed by atoms with Crippen LogP contribution in [0.2, 0.25) is 5.02 Å². The molecule has 156 valence electrons. The number of carbonyl (C=O) groups excluding carboxylic acids is 1. The lowest BCUT2D eigenvalue weighted by atomic mass is 9.98. The van der Waals surface area contributed by atoms with Crippen molar-refractivity contribution in [2.75, 3.05) is 5.75 Å². The van der Waals surface area contributed by atoms with E-state index in [-0.39, 0.29) is 29.3 Å². The highest BCUT2D eigenvalue weighted by Crippen LogP contribution is 2.26. The molecule has 1 aromatic heterocycles. The highest BCUT2D eigenvalue weighted by Gasteiger charge is 2.29. The van der Waals surface area contributed by atoms with Crippen LogP contribution < -0.4 is 5.56 Å². The zero-order valence-electron chi connectivity index (χ0n) is 17.0. The van der Waals surface area contributed by atoms with Crippen molar-refractivity contribution >= 4 is 40.2 Å². The molecule has 0 spiro atoms. The minimum atomic E-state index is -0.169. The predicted octanol–water partition coefficient (Wildman–Crippen LogP) is 4.92. The van der Waals surface area contributed by atoms with Crippen LogP contribution in [0, 0.1) is 0 Å². The number of amides is 1. The Morgan fingerprint density at radius 2 is 1.87 bits per heavy atom. The molecule has 30 heavy (non-hydrogen) atoms. The number of hydrogen-bond donors (Lipinski definition) is 0. The molecule has 1 saturated heterocycles. The Kier molecular flexibility index (Phi) is 6.16. The summed E-state index contributed by atoms with van der Waals surface area (Å²) in [7, 11) is 0. The molecule has 1 aliphatic heterocycles. The lowest BCUT2D eigenvalue weighted by Gasteiger charge is -2.39. The fourth-order valence-electron chi connectivity index (χ4n) is 4.17. The first kappa shape index (κ1) is 20.9. The van der Waals surface area contributed by atoms with Crippen molar-refractivity contribution in [1.82, 2.24) is 14.5 Å². The van der Waals surface area contributed by atoms with Crippen LogP contribution in [-0.2, 0) is 4.79 Å². The number of aromatic nitrogens is 2. The van der Waals surface area contributed by atoms with Gasteiger partial charge in [-0.05, 0) is 63.4 Å². The number of piperidine rings is 1. The summed E-state index contributed by atoms with van der Waals surface area (Å²) in [5, 5.41) is 1.56. The number of thioether (sulfide) groups is 1. The molecule has 5 nitrogen and oxygen atoms in total. The molecule has 3 aromatic rings. The first-order chi connectivity index (χ1) is 14.5. The number of fused-ring (bicyclic) bond motifs is 1. The molecule has 0 aliphatic carbocycles. The zero-order chi connectivity index (χ0) is 21.3. The van der Waals surface area contributed by atoms with E-state index in [0.29, 0.717) is 26.8 Å². The standard InChI is InChI=1S/C23H24ClN3O2S/c1-15-7-5-8-16(2)26(15)21(28)14-30-23-25-20-12-4-3-11-19(20)22(29)27(23)18-10-6-9-17(24)13-18/h3-4,6,9-13,15-16H,5,7-8,14H2,1-2H3. The van der Waals surface area contributed by atoms with Gasteiger partial charge in [-0.2, -0.15) is 0 Å². The number of benzene rings is 2. The smallest absolute Gasteiger partial charge is 0.266 e. The molecule has 0 saturated carbocycles. The van der Waals surface area contributed by atoms with Gasteiger partial charge in [0, 0.05) is 17.1 Å². The largest absolute Gasteiger partial charge is 0.337 e. The van der Waals surface area contributed by atoms with Crippen LogP contribution in [0.25, 0.3) is 16.6 Å². The van der Waals surface area contributed by atoms with E-state index >= 15 is 0 Å². The van der Waals surface area contributed by atoms with Gasteiger partial charge < -0.3 is 4.90 Å². The van der Waals surface area contributed by atoms with Gasteiger partial charge in [-0.25, -0.2) is 4.98 Å². The molecular formula is C23H24ClN3O2S. The van der Waals surface area contributed by atoms with Gasteiger partial charge in [0.25, 0.3) is 5.56 Å². The van der Waals surface area contributed by atoms with E-state index < -0.39 is 0 Å². The van der Waals surface area contributed by atoms with Crippen molar-refractivity contribution < 1.29 is 4.79 Å². The van der Waals surface area contributed by atoms with Gasteiger partial charge in [-0.1, -0.05) is 41.6 Å². The molecule has 0 radical (unpaired) electrons. The zero-order valence-corrected chi connectivity index (χ0v) is 18.6. The van der Waals surface area contributed by atoms with Crippen molar-refractivity contribution in [2.24, 2.45) is 0 Å². The summed E-state index contributed by atoms with van der Waals surface area (Å²) >= 11 is 7.48. The van der Waals surface area contributed by atoms with Gasteiger partial charge in [0.2, 0.25) is 5.91 Å². The van der Waals surface area contributed by atoms with E-state index in [2.05, 4.69) is 13.8 Å². The number of para-hydroxylation sites is 1. The summed E-state index contributed by atoms with van der Waals surface area (Å²) in [5.74, 6) is 0.319. The second-order valence-corrected chi connectivity index (χ2v) is 9.13. The van der Waals surface area contributed by atoms with Crippen molar-refractivity contribution in [2.45, 2.75) is 50.4 Å².